The highest BCUT2D eigenvalue weighted by Gasteiger charge is 2.29. The van der Waals surface area contributed by atoms with Crippen LogP contribution in [0.15, 0.2) is 34.9 Å². The van der Waals surface area contributed by atoms with Crippen LogP contribution < -0.4 is 10.2 Å². The molecule has 1 aromatic carbocycles. The molecule has 1 amide bonds. The first kappa shape index (κ1) is 17.1. The van der Waals surface area contributed by atoms with Crippen LogP contribution in [0.5, 0.6) is 0 Å². The molecule has 0 spiro atoms. The van der Waals surface area contributed by atoms with Crippen molar-refractivity contribution in [2.75, 3.05) is 18.0 Å². The molecule has 6 heteroatoms. The molecule has 2 fully saturated rings. The van der Waals surface area contributed by atoms with Gasteiger partial charge in [0, 0.05) is 30.6 Å². The van der Waals surface area contributed by atoms with Crippen LogP contribution in [0.2, 0.25) is 0 Å². The van der Waals surface area contributed by atoms with Gasteiger partial charge in [0.05, 0.1) is 0 Å². The summed E-state index contributed by atoms with van der Waals surface area (Å²) in [6, 6.07) is 10.8. The summed E-state index contributed by atoms with van der Waals surface area (Å²) in [7, 11) is 0. The van der Waals surface area contributed by atoms with E-state index in [-0.39, 0.29) is 11.8 Å². The lowest BCUT2D eigenvalue weighted by atomic mass is 9.92. The van der Waals surface area contributed by atoms with E-state index in [1.54, 1.807) is 0 Å². The molecule has 0 atom stereocenters. The average molecular weight is 354 g/mol. The summed E-state index contributed by atoms with van der Waals surface area (Å²) in [5.74, 6) is 0.939. The van der Waals surface area contributed by atoms with E-state index in [1.165, 1.54) is 19.3 Å². The molecule has 26 heavy (non-hydrogen) atoms. The van der Waals surface area contributed by atoms with Crippen molar-refractivity contribution in [1.29, 1.82) is 0 Å². The molecule has 1 saturated heterocycles. The minimum atomic E-state index is 0.102. The van der Waals surface area contributed by atoms with Crippen LogP contribution in [0.1, 0.15) is 44.9 Å². The second-order valence-electron chi connectivity index (χ2n) is 7.37. The highest BCUT2D eigenvalue weighted by atomic mass is 16.5. The summed E-state index contributed by atoms with van der Waals surface area (Å²) < 4.78 is 5.44. The van der Waals surface area contributed by atoms with Crippen molar-refractivity contribution in [2.45, 2.75) is 51.0 Å². The Hall–Kier alpha value is -2.37. The lowest BCUT2D eigenvalue weighted by Gasteiger charge is -2.31. The van der Waals surface area contributed by atoms with E-state index in [4.69, 9.17) is 4.52 Å². The predicted molar refractivity (Wildman–Crippen MR) is 99.7 cm³/mol. The van der Waals surface area contributed by atoms with Gasteiger partial charge in [0.15, 0.2) is 0 Å². The molecule has 2 aliphatic rings. The Kier molecular flexibility index (Phi) is 5.18. The molecule has 2 aromatic rings. The number of nitrogens with one attached hydrogen (secondary N) is 1. The molecular formula is C20H26N4O2. The first-order valence-corrected chi connectivity index (χ1v) is 9.74. The minimum absolute atomic E-state index is 0.102. The Labute approximate surface area is 154 Å². The summed E-state index contributed by atoms with van der Waals surface area (Å²) in [4.78, 5) is 19.1. The zero-order valence-corrected chi connectivity index (χ0v) is 15.1. The Morgan fingerprint density at radius 3 is 2.50 bits per heavy atom. The van der Waals surface area contributed by atoms with Gasteiger partial charge in [0.2, 0.25) is 11.7 Å². The summed E-state index contributed by atoms with van der Waals surface area (Å²) in [6.45, 7) is 1.55. The SMILES string of the molecule is O=C(NC1CCCCC1)C1CCN(c2nc(-c3ccccc3)no2)CC1. The molecule has 1 saturated carbocycles. The van der Waals surface area contributed by atoms with Crippen LogP contribution >= 0.6 is 0 Å². The molecule has 1 aliphatic carbocycles. The summed E-state index contributed by atoms with van der Waals surface area (Å²) in [5, 5.41) is 7.35. The molecule has 1 N–H and O–H groups in total. The van der Waals surface area contributed by atoms with Gasteiger partial charge in [0.25, 0.3) is 0 Å². The Bertz CT molecular complexity index is 716. The zero-order chi connectivity index (χ0) is 17.8. The maximum atomic E-state index is 12.5. The summed E-state index contributed by atoms with van der Waals surface area (Å²) in [5.41, 5.74) is 0.948. The van der Waals surface area contributed by atoms with Gasteiger partial charge >= 0.3 is 6.01 Å². The van der Waals surface area contributed by atoms with Crippen molar-refractivity contribution in [1.82, 2.24) is 15.5 Å². The third-order valence-corrected chi connectivity index (χ3v) is 5.54. The number of carbonyl (C=O) groups is 1. The number of rotatable bonds is 4. The molecule has 1 aromatic heterocycles. The average Bonchev–Trinajstić information content (AvgIpc) is 3.20. The van der Waals surface area contributed by atoms with Crippen molar-refractivity contribution in [2.24, 2.45) is 5.92 Å². The van der Waals surface area contributed by atoms with E-state index in [2.05, 4.69) is 20.4 Å². The molecule has 6 nitrogen and oxygen atoms in total. The van der Waals surface area contributed by atoms with Gasteiger partial charge in [-0.3, -0.25) is 4.79 Å². The number of benzene rings is 1. The van der Waals surface area contributed by atoms with Crippen LogP contribution in [0, 0.1) is 5.92 Å². The number of amides is 1. The molecule has 0 unspecified atom stereocenters. The number of aromatic nitrogens is 2. The molecule has 1 aliphatic heterocycles. The van der Waals surface area contributed by atoms with Crippen LogP contribution in [0.4, 0.5) is 6.01 Å². The second kappa shape index (κ2) is 7.89. The maximum absolute atomic E-state index is 12.5. The Morgan fingerprint density at radius 2 is 1.77 bits per heavy atom. The van der Waals surface area contributed by atoms with Crippen molar-refractivity contribution in [3.8, 4) is 11.4 Å². The van der Waals surface area contributed by atoms with Gasteiger partial charge in [-0.25, -0.2) is 0 Å². The van der Waals surface area contributed by atoms with E-state index < -0.39 is 0 Å². The van der Waals surface area contributed by atoms with E-state index in [0.717, 1.165) is 44.3 Å². The van der Waals surface area contributed by atoms with Crippen molar-refractivity contribution >= 4 is 11.9 Å². The highest BCUT2D eigenvalue weighted by Crippen LogP contribution is 2.25. The lowest BCUT2D eigenvalue weighted by Crippen LogP contribution is -2.44. The van der Waals surface area contributed by atoms with E-state index in [1.807, 2.05) is 30.3 Å². The fourth-order valence-corrected chi connectivity index (χ4v) is 3.95. The molecule has 138 valence electrons. The molecule has 0 bridgehead atoms. The third-order valence-electron chi connectivity index (χ3n) is 5.54. The summed E-state index contributed by atoms with van der Waals surface area (Å²) >= 11 is 0. The van der Waals surface area contributed by atoms with Crippen LogP contribution in [-0.4, -0.2) is 35.2 Å². The largest absolute Gasteiger partial charge is 0.353 e. The topological polar surface area (TPSA) is 71.3 Å². The molecule has 2 heterocycles. The summed E-state index contributed by atoms with van der Waals surface area (Å²) in [6.07, 6.45) is 7.72. The first-order valence-electron chi connectivity index (χ1n) is 9.74. The minimum Gasteiger partial charge on any atom is -0.353 e. The van der Waals surface area contributed by atoms with Crippen molar-refractivity contribution in [3.05, 3.63) is 30.3 Å². The van der Waals surface area contributed by atoms with Gasteiger partial charge in [-0.2, -0.15) is 4.98 Å². The quantitative estimate of drug-likeness (QED) is 0.911. The van der Waals surface area contributed by atoms with E-state index in [0.29, 0.717) is 17.9 Å². The molecule has 0 radical (unpaired) electrons. The number of hydrogen-bond acceptors (Lipinski definition) is 5. The van der Waals surface area contributed by atoms with Crippen LogP contribution in [0.25, 0.3) is 11.4 Å². The highest BCUT2D eigenvalue weighted by molar-refractivity contribution is 5.79. The Balaban J connectivity index is 1.31. The number of hydrogen-bond donors (Lipinski definition) is 1. The third kappa shape index (κ3) is 3.89. The van der Waals surface area contributed by atoms with Gasteiger partial charge in [-0.15, -0.1) is 0 Å². The predicted octanol–water partition coefficient (Wildman–Crippen LogP) is 3.40. The zero-order valence-electron chi connectivity index (χ0n) is 15.1. The second-order valence-corrected chi connectivity index (χ2v) is 7.37. The number of nitrogens with zero attached hydrogens (tertiary/aromatic N) is 3. The standard InChI is InChI=1S/C20H26N4O2/c25-19(21-17-9-5-2-6-10-17)16-11-13-24(14-12-16)20-22-18(23-26-20)15-7-3-1-4-8-15/h1,3-4,7-8,16-17H,2,5-6,9-14H2,(H,21,25). The first-order chi connectivity index (χ1) is 12.8. The smallest absolute Gasteiger partial charge is 0.324 e. The van der Waals surface area contributed by atoms with Gasteiger partial charge < -0.3 is 14.7 Å². The number of anilines is 1. The normalized spacial score (nSPS) is 19.5. The van der Waals surface area contributed by atoms with Gasteiger partial charge in [-0.1, -0.05) is 54.8 Å². The van der Waals surface area contributed by atoms with E-state index in [9.17, 15) is 4.79 Å². The van der Waals surface area contributed by atoms with Crippen molar-refractivity contribution in [3.63, 3.8) is 0 Å². The van der Waals surface area contributed by atoms with Crippen LogP contribution in [0.3, 0.4) is 0 Å². The van der Waals surface area contributed by atoms with E-state index >= 15 is 0 Å². The van der Waals surface area contributed by atoms with Gasteiger partial charge in [-0.05, 0) is 25.7 Å². The fourth-order valence-electron chi connectivity index (χ4n) is 3.95. The lowest BCUT2D eigenvalue weighted by molar-refractivity contribution is -0.126. The van der Waals surface area contributed by atoms with Gasteiger partial charge in [0.1, 0.15) is 0 Å². The maximum Gasteiger partial charge on any atom is 0.324 e. The fraction of sp³-hybridized carbons (Fsp3) is 0.550. The van der Waals surface area contributed by atoms with Crippen LogP contribution in [-0.2, 0) is 4.79 Å². The molecular weight excluding hydrogens is 328 g/mol. The number of carbonyl (C=O) groups excluding carboxylic acids is 1. The Morgan fingerprint density at radius 1 is 1.04 bits per heavy atom. The molecule has 4 rings (SSSR count). The van der Waals surface area contributed by atoms with Crippen molar-refractivity contribution < 1.29 is 9.32 Å². The monoisotopic (exact) mass is 354 g/mol. The number of piperidine rings is 1.